The van der Waals surface area contributed by atoms with Crippen LogP contribution in [-0.2, 0) is 40.2 Å². The second-order valence-electron chi connectivity index (χ2n) is 5.74. The number of carbonyl (C=O) groups is 4. The van der Waals surface area contributed by atoms with Gasteiger partial charge in [-0.1, -0.05) is 0 Å². The van der Waals surface area contributed by atoms with Crippen molar-refractivity contribution in [1.29, 1.82) is 0 Å². The third-order valence-electron chi connectivity index (χ3n) is 3.28. The van der Waals surface area contributed by atoms with Gasteiger partial charge in [0.05, 0.1) is 0 Å². The fourth-order valence-electron chi connectivity index (χ4n) is 1.83. The van der Waals surface area contributed by atoms with Gasteiger partial charge in [0.2, 0.25) is 5.91 Å². The molecule has 1 heterocycles. The van der Waals surface area contributed by atoms with Crippen LogP contribution in [0.15, 0.2) is 0 Å². The molecule has 162 valence electrons. The molecular weight excluding hydrogens is 419 g/mol. The zero-order valence-electron chi connectivity index (χ0n) is 14.9. The van der Waals surface area contributed by atoms with Crippen molar-refractivity contribution in [3.63, 3.8) is 0 Å². The molecule has 0 aliphatic carbocycles. The van der Waals surface area contributed by atoms with Crippen molar-refractivity contribution in [2.45, 2.75) is 43.8 Å². The van der Waals surface area contributed by atoms with Crippen molar-refractivity contribution in [1.82, 2.24) is 5.32 Å². The Hall–Kier alpha value is -1.67. The highest BCUT2D eigenvalue weighted by atomic mass is 32.5. The van der Waals surface area contributed by atoms with Gasteiger partial charge in [-0.3, -0.25) is 19.2 Å². The van der Waals surface area contributed by atoms with Gasteiger partial charge < -0.3 is 46.7 Å². The molecular formula is C13H25N4O9PS. The molecule has 0 bridgehead atoms. The molecule has 13 nitrogen and oxygen atoms in total. The first-order valence-electron chi connectivity index (χ1n) is 8.04. The summed E-state index contributed by atoms with van der Waals surface area (Å²) in [5, 5.41) is 11.4. The maximum Gasteiger partial charge on any atom is 0.377 e. The van der Waals surface area contributed by atoms with Gasteiger partial charge in [-0.2, -0.15) is 0 Å². The number of esters is 1. The van der Waals surface area contributed by atoms with E-state index in [1.54, 1.807) is 0 Å². The average Bonchev–Trinajstić information content (AvgIpc) is 3.10. The molecule has 0 aromatic carbocycles. The van der Waals surface area contributed by atoms with E-state index in [2.05, 4.69) is 21.6 Å². The first-order chi connectivity index (χ1) is 12.8. The number of carbonyl (C=O) groups excluding carboxylic acids is 3. The summed E-state index contributed by atoms with van der Waals surface area (Å²) in [6.45, 7) is -3.51. The number of nitrogens with one attached hydrogen (secondary N) is 1. The minimum Gasteiger partial charge on any atom is -0.480 e. The predicted molar refractivity (Wildman–Crippen MR) is 98.8 cm³/mol. The van der Waals surface area contributed by atoms with Crippen LogP contribution in [0.1, 0.15) is 25.7 Å². The quantitative estimate of drug-likeness (QED) is 0.139. The van der Waals surface area contributed by atoms with E-state index in [0.717, 1.165) is 19.4 Å². The van der Waals surface area contributed by atoms with E-state index in [1.807, 2.05) is 0 Å². The van der Waals surface area contributed by atoms with Crippen LogP contribution < -0.4 is 22.5 Å². The van der Waals surface area contributed by atoms with Crippen molar-refractivity contribution < 1.29 is 43.3 Å². The van der Waals surface area contributed by atoms with E-state index in [-0.39, 0.29) is 25.5 Å². The number of carboxylic acids is 1. The van der Waals surface area contributed by atoms with Gasteiger partial charge in [-0.05, 0) is 25.8 Å². The highest BCUT2D eigenvalue weighted by molar-refractivity contribution is 8.06. The first-order valence-corrected chi connectivity index (χ1v) is 10.7. The number of amides is 1. The zero-order chi connectivity index (χ0) is 21.9. The normalized spacial score (nSPS) is 18.2. The smallest absolute Gasteiger partial charge is 0.377 e. The topological polar surface area (TPSA) is 238 Å². The monoisotopic (exact) mass is 444 g/mol. The summed E-state index contributed by atoms with van der Waals surface area (Å²) in [5.41, 5.74) is 15.2. The van der Waals surface area contributed by atoms with Gasteiger partial charge in [0.15, 0.2) is 0 Å². The minimum absolute atomic E-state index is 0.0243. The lowest BCUT2D eigenvalue weighted by Gasteiger charge is -2.12. The van der Waals surface area contributed by atoms with E-state index in [4.69, 9.17) is 36.8 Å². The number of nitrogens with two attached hydrogens (primary N) is 3. The lowest BCUT2D eigenvalue weighted by atomic mass is 10.2. The number of hydrogen-bond donors (Lipinski definition) is 7. The molecule has 0 unspecified atom stereocenters. The summed E-state index contributed by atoms with van der Waals surface area (Å²) in [4.78, 5) is 60.0. The van der Waals surface area contributed by atoms with Crippen LogP contribution in [0.4, 0.5) is 0 Å². The molecule has 10 N–H and O–H groups in total. The Bertz CT molecular complexity index is 609. The molecule has 0 spiro atoms. The Morgan fingerprint density at radius 3 is 2.25 bits per heavy atom. The molecule has 3 atom stereocenters. The second-order valence-corrected chi connectivity index (χ2v) is 8.33. The lowest BCUT2D eigenvalue weighted by Crippen LogP contribution is -2.39. The molecule has 1 aliphatic heterocycles. The highest BCUT2D eigenvalue weighted by Crippen LogP contribution is 2.36. The van der Waals surface area contributed by atoms with Crippen LogP contribution in [0.2, 0.25) is 0 Å². The molecule has 0 aromatic heterocycles. The van der Waals surface area contributed by atoms with Crippen LogP contribution >= 0.6 is 6.72 Å². The Morgan fingerprint density at radius 1 is 1.21 bits per heavy atom. The fraction of sp³-hybridized carbons (Fsp3) is 0.692. The van der Waals surface area contributed by atoms with Crippen LogP contribution in [-0.4, -0.2) is 70.0 Å². The minimum atomic E-state index is -4.04. The van der Waals surface area contributed by atoms with Crippen LogP contribution in [0.5, 0.6) is 0 Å². The van der Waals surface area contributed by atoms with Crippen LogP contribution in [0, 0.1) is 0 Å². The molecule has 15 heteroatoms. The van der Waals surface area contributed by atoms with Crippen molar-refractivity contribution in [2.24, 2.45) is 17.2 Å². The molecule has 1 aliphatic rings. The Morgan fingerprint density at radius 2 is 1.82 bits per heavy atom. The summed E-state index contributed by atoms with van der Waals surface area (Å²) in [5.74, 6) is -3.25. The molecule has 1 rings (SSSR count). The van der Waals surface area contributed by atoms with E-state index in [1.165, 1.54) is 0 Å². The Kier molecular flexibility index (Phi) is 12.0. The molecule has 0 aromatic rings. The van der Waals surface area contributed by atoms with Crippen molar-refractivity contribution in [2.75, 3.05) is 13.2 Å². The SMILES string of the molecule is NC(=O)CC[C@H](N)C(=O)OP(O)(O)=S.N[C@@H](COC(=O)[C@@H]1CCCN1)C(=O)O. The van der Waals surface area contributed by atoms with Gasteiger partial charge in [0.25, 0.3) is 0 Å². The van der Waals surface area contributed by atoms with E-state index >= 15 is 0 Å². The standard InChI is InChI=1S/C8H14N2O4.C5H11N2O5PS/c9-5(7(11)12)4-14-8(13)6-2-1-3-10-6;6-3(1-2-4(7)8)5(9)12-13(10,11)14/h5-6,10H,1-4,9H2,(H,11,12);3H,1-2,6H2,(H2,7,8)(H2,10,11,14)/t5-,6-;3-/m00/s1. The molecule has 0 saturated carbocycles. The predicted octanol–water partition coefficient (Wildman–Crippen LogP) is -2.97. The summed E-state index contributed by atoms with van der Waals surface area (Å²) in [6.07, 6.45) is 1.56. The maximum absolute atomic E-state index is 11.2. The van der Waals surface area contributed by atoms with Gasteiger partial charge in [-0.25, -0.2) is 0 Å². The fourth-order valence-corrected chi connectivity index (χ4v) is 2.42. The van der Waals surface area contributed by atoms with E-state index in [0.29, 0.717) is 0 Å². The number of carboxylic acid groups (broad SMARTS) is 1. The van der Waals surface area contributed by atoms with E-state index in [9.17, 15) is 19.2 Å². The van der Waals surface area contributed by atoms with E-state index < -0.39 is 42.6 Å². The van der Waals surface area contributed by atoms with Gasteiger partial charge in [0.1, 0.15) is 24.7 Å². The van der Waals surface area contributed by atoms with Gasteiger partial charge in [0, 0.05) is 18.2 Å². The summed E-state index contributed by atoms with van der Waals surface area (Å²) in [6, 6.07) is -2.57. The number of hydrogen-bond acceptors (Lipinski definition) is 10. The van der Waals surface area contributed by atoms with Gasteiger partial charge >= 0.3 is 24.6 Å². The van der Waals surface area contributed by atoms with Gasteiger partial charge in [-0.15, -0.1) is 0 Å². The van der Waals surface area contributed by atoms with Crippen LogP contribution in [0.25, 0.3) is 0 Å². The first kappa shape index (κ1) is 26.3. The van der Waals surface area contributed by atoms with Crippen molar-refractivity contribution in [3.05, 3.63) is 0 Å². The Labute approximate surface area is 165 Å². The Balaban J connectivity index is 0.000000521. The van der Waals surface area contributed by atoms with Crippen LogP contribution in [0.3, 0.4) is 0 Å². The number of aliphatic carboxylic acids is 1. The highest BCUT2D eigenvalue weighted by Gasteiger charge is 2.25. The van der Waals surface area contributed by atoms with Crippen molar-refractivity contribution in [3.8, 4) is 0 Å². The molecule has 0 radical (unpaired) electrons. The average molecular weight is 444 g/mol. The third kappa shape index (κ3) is 12.7. The number of rotatable bonds is 9. The number of primary amides is 1. The molecule has 1 saturated heterocycles. The van der Waals surface area contributed by atoms with Crippen molar-refractivity contribution >= 4 is 42.3 Å². The maximum atomic E-state index is 11.2. The number of ether oxygens (including phenoxy) is 1. The summed E-state index contributed by atoms with van der Waals surface area (Å²) < 4.78 is 8.79. The second kappa shape index (κ2) is 12.7. The molecule has 28 heavy (non-hydrogen) atoms. The lowest BCUT2D eigenvalue weighted by molar-refractivity contribution is -0.149. The summed E-state index contributed by atoms with van der Waals surface area (Å²) >= 11 is 4.05. The third-order valence-corrected chi connectivity index (χ3v) is 3.92. The molecule has 1 fully saturated rings. The molecule has 1 amide bonds. The largest absolute Gasteiger partial charge is 0.480 e. The zero-order valence-corrected chi connectivity index (χ0v) is 16.6. The summed E-state index contributed by atoms with van der Waals surface area (Å²) in [7, 11) is 0.